The molecule has 1 aromatic heterocycles. The number of halogens is 5. The summed E-state index contributed by atoms with van der Waals surface area (Å²) in [6.07, 6.45) is -4.91. The number of esters is 1. The van der Waals surface area contributed by atoms with E-state index in [1.54, 1.807) is 0 Å². The Morgan fingerprint density at radius 3 is 2.80 bits per heavy atom. The van der Waals surface area contributed by atoms with Gasteiger partial charge in [0.1, 0.15) is 11.9 Å². The van der Waals surface area contributed by atoms with E-state index >= 15 is 0 Å². The minimum absolute atomic E-state index is 0.0149. The Labute approximate surface area is 171 Å². The Kier molecular flexibility index (Phi) is 6.31. The Hall–Kier alpha value is -2.67. The molecule has 0 saturated carbocycles. The molecule has 1 saturated heterocycles. The molecule has 0 spiro atoms. The van der Waals surface area contributed by atoms with Crippen LogP contribution < -0.4 is 14.9 Å². The van der Waals surface area contributed by atoms with E-state index in [0.29, 0.717) is 0 Å². The van der Waals surface area contributed by atoms with Crippen LogP contribution in [0.5, 0.6) is 0 Å². The Balaban J connectivity index is 1.54. The SMILES string of the molecule is O=C(CCNc1n[n+]([O-])c2cc(F)c(Cl)cc2[n+]1[O-])OC1CCN(CC(F)(F)F)C1. The molecule has 1 fully saturated rings. The first-order chi connectivity index (χ1) is 14.0. The summed E-state index contributed by atoms with van der Waals surface area (Å²) in [4.78, 5) is 13.1. The lowest BCUT2D eigenvalue weighted by atomic mass is 10.3. The van der Waals surface area contributed by atoms with Gasteiger partial charge in [0.05, 0.1) is 30.6 Å². The highest BCUT2D eigenvalue weighted by atomic mass is 35.5. The van der Waals surface area contributed by atoms with Crippen LogP contribution in [0.25, 0.3) is 11.0 Å². The molecular weight excluding hydrogens is 438 g/mol. The predicted octanol–water partition coefficient (Wildman–Crippen LogP) is 1.28. The van der Waals surface area contributed by atoms with E-state index in [1.807, 2.05) is 0 Å². The van der Waals surface area contributed by atoms with E-state index in [0.717, 1.165) is 17.0 Å². The number of benzene rings is 1. The maximum atomic E-state index is 13.5. The van der Waals surface area contributed by atoms with Crippen molar-refractivity contribution in [3.05, 3.63) is 33.4 Å². The predicted molar refractivity (Wildman–Crippen MR) is 94.7 cm³/mol. The smallest absolute Gasteiger partial charge is 0.460 e. The third kappa shape index (κ3) is 5.27. The van der Waals surface area contributed by atoms with Gasteiger partial charge in [0.15, 0.2) is 5.52 Å². The van der Waals surface area contributed by atoms with Crippen LogP contribution in [-0.4, -0.2) is 54.4 Å². The van der Waals surface area contributed by atoms with Gasteiger partial charge in [-0.25, -0.2) is 9.12 Å². The molecule has 0 bridgehead atoms. The zero-order valence-corrected chi connectivity index (χ0v) is 16.0. The number of carbonyl (C=O) groups is 1. The van der Waals surface area contributed by atoms with Crippen LogP contribution in [0, 0.1) is 16.2 Å². The van der Waals surface area contributed by atoms with Crippen molar-refractivity contribution < 1.29 is 36.7 Å². The molecule has 0 amide bonds. The number of hydrogen-bond donors (Lipinski definition) is 1. The van der Waals surface area contributed by atoms with Gasteiger partial charge in [0, 0.05) is 24.0 Å². The van der Waals surface area contributed by atoms with Gasteiger partial charge in [-0.15, -0.1) is 0 Å². The van der Waals surface area contributed by atoms with Crippen LogP contribution in [0.4, 0.5) is 23.5 Å². The van der Waals surface area contributed by atoms with Crippen molar-refractivity contribution in [1.29, 1.82) is 0 Å². The maximum Gasteiger partial charge on any atom is 0.460 e. The van der Waals surface area contributed by atoms with Gasteiger partial charge in [-0.2, -0.15) is 13.2 Å². The van der Waals surface area contributed by atoms with E-state index in [4.69, 9.17) is 16.3 Å². The standard InChI is InChI=1S/C16H16ClF4N5O4/c17-10-5-12-13(6-11(10)18)26(29)23-15(25(12)28)22-3-1-14(27)30-9-2-4-24(7-9)8-16(19,20)21/h5-6,9H,1-4,7-8H2,(H,22,23). The summed E-state index contributed by atoms with van der Waals surface area (Å²) in [7, 11) is 0. The Morgan fingerprint density at radius 1 is 1.37 bits per heavy atom. The highest BCUT2D eigenvalue weighted by Gasteiger charge is 2.35. The second-order valence-corrected chi connectivity index (χ2v) is 7.08. The van der Waals surface area contributed by atoms with Crippen molar-refractivity contribution in [3.8, 4) is 0 Å². The van der Waals surface area contributed by atoms with Crippen LogP contribution in [0.3, 0.4) is 0 Å². The Bertz CT molecular complexity index is 962. The van der Waals surface area contributed by atoms with Crippen LogP contribution in [0.2, 0.25) is 5.02 Å². The van der Waals surface area contributed by atoms with Crippen molar-refractivity contribution in [2.45, 2.75) is 25.1 Å². The molecular formula is C16H16ClF4N5O4. The third-order valence-electron chi connectivity index (χ3n) is 4.36. The molecule has 2 aromatic rings. The van der Waals surface area contributed by atoms with Gasteiger partial charge < -0.3 is 15.2 Å². The summed E-state index contributed by atoms with van der Waals surface area (Å²) in [6, 6.07) is 1.75. The first-order valence-corrected chi connectivity index (χ1v) is 9.16. The second kappa shape index (κ2) is 8.60. The largest absolute Gasteiger partial charge is 0.739 e. The van der Waals surface area contributed by atoms with Crippen LogP contribution in [-0.2, 0) is 9.53 Å². The molecule has 1 N–H and O–H groups in total. The number of hydrogen-bond acceptors (Lipinski definition) is 7. The lowest BCUT2D eigenvalue weighted by Gasteiger charge is -2.17. The van der Waals surface area contributed by atoms with Crippen LogP contribution >= 0.6 is 11.6 Å². The first-order valence-electron chi connectivity index (χ1n) is 8.78. The number of likely N-dealkylation sites (tertiary alicyclic amines) is 1. The second-order valence-electron chi connectivity index (χ2n) is 6.67. The fourth-order valence-electron chi connectivity index (χ4n) is 3.06. The van der Waals surface area contributed by atoms with Gasteiger partial charge in [-0.1, -0.05) is 11.6 Å². The number of nitrogens with one attached hydrogen (secondary N) is 1. The summed E-state index contributed by atoms with van der Waals surface area (Å²) in [5.74, 6) is -2.01. The number of carbonyl (C=O) groups excluding carboxylic acids is 1. The number of nitrogens with zero attached hydrogens (tertiary/aromatic N) is 4. The topological polar surface area (TPSA) is 108 Å². The number of alkyl halides is 3. The lowest BCUT2D eigenvalue weighted by Crippen LogP contribution is -2.44. The zero-order chi connectivity index (χ0) is 22.1. The summed E-state index contributed by atoms with van der Waals surface area (Å²) in [5, 5.41) is 29.8. The molecule has 1 aromatic carbocycles. The third-order valence-corrected chi connectivity index (χ3v) is 4.65. The van der Waals surface area contributed by atoms with E-state index in [9.17, 15) is 32.8 Å². The van der Waals surface area contributed by atoms with Crippen molar-refractivity contribution in [3.63, 3.8) is 0 Å². The van der Waals surface area contributed by atoms with E-state index < -0.39 is 36.6 Å². The van der Waals surface area contributed by atoms with Gasteiger partial charge in [0.25, 0.3) is 0 Å². The summed E-state index contributed by atoms with van der Waals surface area (Å²) < 4.78 is 56.0. The monoisotopic (exact) mass is 453 g/mol. The normalized spacial score (nSPS) is 17.4. The Morgan fingerprint density at radius 2 is 2.10 bits per heavy atom. The average Bonchev–Trinajstić information content (AvgIpc) is 3.05. The summed E-state index contributed by atoms with van der Waals surface area (Å²) >= 11 is 5.63. The van der Waals surface area contributed by atoms with Crippen molar-refractivity contribution in [2.24, 2.45) is 0 Å². The summed E-state index contributed by atoms with van der Waals surface area (Å²) in [5.41, 5.74) is -0.561. The molecule has 14 heteroatoms. The van der Waals surface area contributed by atoms with Gasteiger partial charge in [-0.3, -0.25) is 15.0 Å². The molecule has 30 heavy (non-hydrogen) atoms. The summed E-state index contributed by atoms with van der Waals surface area (Å²) in [6.45, 7) is -1.05. The van der Waals surface area contributed by atoms with Crippen molar-refractivity contribution >= 4 is 34.6 Å². The van der Waals surface area contributed by atoms with E-state index in [2.05, 4.69) is 10.4 Å². The molecule has 1 atom stereocenters. The molecule has 3 rings (SSSR count). The fourth-order valence-corrected chi connectivity index (χ4v) is 3.21. The number of aromatic nitrogens is 3. The first kappa shape index (κ1) is 22.0. The van der Waals surface area contributed by atoms with E-state index in [1.165, 1.54) is 0 Å². The molecule has 2 heterocycles. The number of anilines is 1. The van der Waals surface area contributed by atoms with Gasteiger partial charge in [-0.05, 0) is 6.42 Å². The molecule has 164 valence electrons. The van der Waals surface area contributed by atoms with Crippen molar-refractivity contribution in [1.82, 2.24) is 10.00 Å². The minimum atomic E-state index is -4.32. The molecule has 1 unspecified atom stereocenters. The number of ether oxygens (including phenoxy) is 1. The highest BCUT2D eigenvalue weighted by molar-refractivity contribution is 6.31. The van der Waals surface area contributed by atoms with E-state index in [-0.39, 0.29) is 58.1 Å². The maximum absolute atomic E-state index is 13.5. The number of rotatable bonds is 6. The molecule has 9 nitrogen and oxygen atoms in total. The molecule has 1 aliphatic rings. The van der Waals surface area contributed by atoms with Crippen molar-refractivity contribution in [2.75, 3.05) is 31.5 Å². The molecule has 0 radical (unpaired) electrons. The van der Waals surface area contributed by atoms with Gasteiger partial charge >= 0.3 is 23.6 Å². The minimum Gasteiger partial charge on any atom is -0.739 e. The van der Waals surface area contributed by atoms with Crippen LogP contribution in [0.15, 0.2) is 12.1 Å². The quantitative estimate of drug-likeness (QED) is 0.304. The zero-order valence-electron chi connectivity index (χ0n) is 15.3. The average molecular weight is 454 g/mol. The van der Waals surface area contributed by atoms with Gasteiger partial charge in [0.2, 0.25) is 5.10 Å². The number of fused-ring (bicyclic) bond motifs is 1. The molecule has 1 aliphatic heterocycles. The highest BCUT2D eigenvalue weighted by Crippen LogP contribution is 2.21. The van der Waals surface area contributed by atoms with Crippen LogP contribution in [0.1, 0.15) is 12.8 Å². The fraction of sp³-hybridized carbons (Fsp3) is 0.500. The molecule has 0 aliphatic carbocycles. The lowest BCUT2D eigenvalue weighted by molar-refractivity contribution is -0.672.